The van der Waals surface area contributed by atoms with Gasteiger partial charge in [-0.3, -0.25) is 9.69 Å². The number of rotatable bonds is 6. The van der Waals surface area contributed by atoms with Crippen LogP contribution in [0.25, 0.3) is 0 Å². The lowest BCUT2D eigenvalue weighted by Gasteiger charge is -2.15. The van der Waals surface area contributed by atoms with Gasteiger partial charge in [0.1, 0.15) is 9.84 Å². The van der Waals surface area contributed by atoms with Crippen LogP contribution in [0.3, 0.4) is 0 Å². The normalized spacial score (nSPS) is 12.0. The molecule has 0 atom stereocenters. The highest BCUT2D eigenvalue weighted by Gasteiger charge is 2.13. The van der Waals surface area contributed by atoms with Crippen LogP contribution in [0.15, 0.2) is 18.3 Å². The first kappa shape index (κ1) is 13.9. The van der Waals surface area contributed by atoms with Gasteiger partial charge in [-0.2, -0.15) is 0 Å². The number of nitrogens with zero attached hydrogens (tertiary/aromatic N) is 2. The van der Waals surface area contributed by atoms with Gasteiger partial charge < -0.3 is 4.57 Å². The van der Waals surface area contributed by atoms with E-state index >= 15 is 0 Å². The number of ketones is 1. The van der Waals surface area contributed by atoms with Crippen LogP contribution in [0.4, 0.5) is 0 Å². The molecule has 6 heteroatoms. The number of sulfone groups is 1. The maximum absolute atomic E-state index is 11.8. The predicted molar refractivity (Wildman–Crippen MR) is 67.0 cm³/mol. The molecule has 0 aromatic carbocycles. The molecule has 0 spiro atoms. The van der Waals surface area contributed by atoms with Crippen LogP contribution in [-0.4, -0.2) is 55.8 Å². The minimum Gasteiger partial charge on any atom is -0.348 e. The first-order chi connectivity index (χ1) is 7.79. The van der Waals surface area contributed by atoms with E-state index in [-0.39, 0.29) is 18.1 Å². The maximum atomic E-state index is 11.8. The van der Waals surface area contributed by atoms with E-state index in [0.717, 1.165) is 0 Å². The summed E-state index contributed by atoms with van der Waals surface area (Å²) in [5.74, 6) is 0.0673. The third kappa shape index (κ3) is 4.70. The molecular formula is C11H18N2O3S. The molecule has 0 N–H and O–H groups in total. The van der Waals surface area contributed by atoms with Gasteiger partial charge in [-0.05, 0) is 19.2 Å². The lowest BCUT2D eigenvalue weighted by atomic mass is 10.2. The first-order valence-corrected chi connectivity index (χ1v) is 7.36. The molecule has 0 fully saturated rings. The lowest BCUT2D eigenvalue weighted by Crippen LogP contribution is -2.31. The van der Waals surface area contributed by atoms with Crippen molar-refractivity contribution in [2.45, 2.75) is 0 Å². The second kappa shape index (κ2) is 5.46. The third-order valence-corrected chi connectivity index (χ3v) is 3.41. The van der Waals surface area contributed by atoms with Gasteiger partial charge in [0.05, 0.1) is 18.0 Å². The molecule has 5 nitrogen and oxygen atoms in total. The molecule has 0 radical (unpaired) electrons. The van der Waals surface area contributed by atoms with Crippen molar-refractivity contribution >= 4 is 15.6 Å². The first-order valence-electron chi connectivity index (χ1n) is 5.30. The van der Waals surface area contributed by atoms with Crippen molar-refractivity contribution in [1.82, 2.24) is 9.47 Å². The highest BCUT2D eigenvalue weighted by molar-refractivity contribution is 7.90. The SMILES string of the molecule is CN(CCS(C)(=O)=O)CC(=O)c1cccn1C. The number of likely N-dealkylation sites (N-methyl/N-ethyl adjacent to an activating group) is 1. The standard InChI is InChI=1S/C11H18N2O3S/c1-12(7-8-17(3,15)16)9-11(14)10-5-4-6-13(10)2/h4-6H,7-9H2,1-3H3. The average molecular weight is 258 g/mol. The van der Waals surface area contributed by atoms with Crippen molar-refractivity contribution in [2.24, 2.45) is 7.05 Å². The number of aryl methyl sites for hydroxylation is 1. The van der Waals surface area contributed by atoms with Gasteiger partial charge in [-0.15, -0.1) is 0 Å². The molecule has 0 bridgehead atoms. The summed E-state index contributed by atoms with van der Waals surface area (Å²) in [6, 6.07) is 3.57. The average Bonchev–Trinajstić information content (AvgIpc) is 2.60. The van der Waals surface area contributed by atoms with Crippen LogP contribution in [0.5, 0.6) is 0 Å². The van der Waals surface area contributed by atoms with Crippen molar-refractivity contribution < 1.29 is 13.2 Å². The Balaban J connectivity index is 2.50. The van der Waals surface area contributed by atoms with E-state index in [0.29, 0.717) is 12.2 Å². The summed E-state index contributed by atoms with van der Waals surface area (Å²) < 4.78 is 23.7. The van der Waals surface area contributed by atoms with Gasteiger partial charge in [0.15, 0.2) is 5.78 Å². The molecule has 0 saturated heterocycles. The van der Waals surface area contributed by atoms with Gasteiger partial charge in [-0.1, -0.05) is 0 Å². The molecule has 0 aliphatic carbocycles. The van der Waals surface area contributed by atoms with E-state index in [2.05, 4.69) is 0 Å². The topological polar surface area (TPSA) is 59.4 Å². The van der Waals surface area contributed by atoms with E-state index in [1.807, 2.05) is 19.3 Å². The monoisotopic (exact) mass is 258 g/mol. The Bertz CT molecular complexity index is 491. The summed E-state index contributed by atoms with van der Waals surface area (Å²) in [4.78, 5) is 13.6. The van der Waals surface area contributed by atoms with Gasteiger partial charge in [0, 0.05) is 26.0 Å². The number of carbonyl (C=O) groups is 1. The second-order valence-electron chi connectivity index (χ2n) is 4.30. The van der Waals surface area contributed by atoms with Gasteiger partial charge >= 0.3 is 0 Å². The lowest BCUT2D eigenvalue weighted by molar-refractivity contribution is 0.0941. The second-order valence-corrected chi connectivity index (χ2v) is 6.55. The highest BCUT2D eigenvalue weighted by atomic mass is 32.2. The smallest absolute Gasteiger partial charge is 0.193 e. The van der Waals surface area contributed by atoms with Crippen molar-refractivity contribution in [3.8, 4) is 0 Å². The van der Waals surface area contributed by atoms with Crippen molar-refractivity contribution in [3.05, 3.63) is 24.0 Å². The summed E-state index contributed by atoms with van der Waals surface area (Å²) in [6.07, 6.45) is 3.00. The van der Waals surface area contributed by atoms with Gasteiger partial charge in [0.25, 0.3) is 0 Å². The number of Topliss-reactive ketones (excluding diaryl/α,β-unsaturated/α-hetero) is 1. The largest absolute Gasteiger partial charge is 0.348 e. The molecular weight excluding hydrogens is 240 g/mol. The zero-order chi connectivity index (χ0) is 13.1. The number of carbonyl (C=O) groups excluding carboxylic acids is 1. The molecule has 1 aromatic heterocycles. The predicted octanol–water partition coefficient (Wildman–Crippen LogP) is 0.184. The van der Waals surface area contributed by atoms with E-state index in [1.54, 1.807) is 22.6 Å². The Morgan fingerprint density at radius 3 is 2.59 bits per heavy atom. The Morgan fingerprint density at radius 2 is 2.12 bits per heavy atom. The van der Waals surface area contributed by atoms with Crippen LogP contribution < -0.4 is 0 Å². The fourth-order valence-electron chi connectivity index (χ4n) is 1.48. The van der Waals surface area contributed by atoms with Crippen molar-refractivity contribution in [1.29, 1.82) is 0 Å². The Kier molecular flexibility index (Phi) is 4.47. The highest BCUT2D eigenvalue weighted by Crippen LogP contribution is 2.02. The molecule has 17 heavy (non-hydrogen) atoms. The summed E-state index contributed by atoms with van der Waals surface area (Å²) >= 11 is 0. The zero-order valence-corrected chi connectivity index (χ0v) is 11.2. The van der Waals surface area contributed by atoms with E-state index in [9.17, 15) is 13.2 Å². The Hall–Kier alpha value is -1.14. The molecule has 0 amide bonds. The summed E-state index contributed by atoms with van der Waals surface area (Å²) in [6.45, 7) is 0.600. The number of hydrogen-bond donors (Lipinski definition) is 0. The molecule has 0 aliphatic rings. The van der Waals surface area contributed by atoms with Crippen LogP contribution in [0, 0.1) is 0 Å². The molecule has 0 aliphatic heterocycles. The van der Waals surface area contributed by atoms with E-state index < -0.39 is 9.84 Å². The fourth-order valence-corrected chi connectivity index (χ4v) is 2.12. The molecule has 1 heterocycles. The summed E-state index contributed by atoms with van der Waals surface area (Å²) in [7, 11) is 0.576. The third-order valence-electron chi connectivity index (χ3n) is 2.49. The fraction of sp³-hybridized carbons (Fsp3) is 0.545. The van der Waals surface area contributed by atoms with Crippen LogP contribution in [-0.2, 0) is 16.9 Å². The Labute approximate surface area is 102 Å². The van der Waals surface area contributed by atoms with Gasteiger partial charge in [-0.25, -0.2) is 8.42 Å². The molecule has 1 rings (SSSR count). The summed E-state index contributed by atoms with van der Waals surface area (Å²) in [5.41, 5.74) is 0.635. The molecule has 1 aromatic rings. The Morgan fingerprint density at radius 1 is 1.47 bits per heavy atom. The van der Waals surface area contributed by atoms with E-state index in [4.69, 9.17) is 0 Å². The van der Waals surface area contributed by atoms with E-state index in [1.165, 1.54) is 6.26 Å². The van der Waals surface area contributed by atoms with Crippen molar-refractivity contribution in [3.63, 3.8) is 0 Å². The maximum Gasteiger partial charge on any atom is 0.193 e. The van der Waals surface area contributed by atoms with Gasteiger partial charge in [0.2, 0.25) is 0 Å². The number of hydrogen-bond acceptors (Lipinski definition) is 4. The van der Waals surface area contributed by atoms with Crippen molar-refractivity contribution in [2.75, 3.05) is 32.1 Å². The number of aromatic nitrogens is 1. The van der Waals surface area contributed by atoms with Crippen LogP contribution in [0.2, 0.25) is 0 Å². The van der Waals surface area contributed by atoms with Crippen LogP contribution >= 0.6 is 0 Å². The zero-order valence-electron chi connectivity index (χ0n) is 10.4. The minimum atomic E-state index is -2.98. The molecule has 96 valence electrons. The van der Waals surface area contributed by atoms with Crippen LogP contribution in [0.1, 0.15) is 10.5 Å². The quantitative estimate of drug-likeness (QED) is 0.683. The minimum absolute atomic E-state index is 0.00602. The molecule has 0 unspecified atom stereocenters. The summed E-state index contributed by atoms with van der Waals surface area (Å²) in [5, 5.41) is 0. The molecule has 0 saturated carbocycles.